The van der Waals surface area contributed by atoms with Gasteiger partial charge in [0.1, 0.15) is 0 Å². The van der Waals surface area contributed by atoms with E-state index in [0.717, 1.165) is 5.92 Å². The predicted molar refractivity (Wildman–Crippen MR) is 74.5 cm³/mol. The Kier molecular flexibility index (Phi) is 14.3. The van der Waals surface area contributed by atoms with Crippen LogP contribution < -0.4 is 37.2 Å². The van der Waals surface area contributed by atoms with Crippen molar-refractivity contribution >= 4 is 9.52 Å². The van der Waals surface area contributed by atoms with Crippen LogP contribution in [0.4, 0.5) is 0 Å². The molecule has 0 amide bonds. The van der Waals surface area contributed by atoms with Gasteiger partial charge in [-0.1, -0.05) is 58.9 Å². The van der Waals surface area contributed by atoms with E-state index in [-0.39, 0.29) is 68.5 Å². The molecule has 2 rings (SSSR count). The first kappa shape index (κ1) is 26.2. The number of allylic oxidation sites excluding steroid dienone is 4. The molecule has 0 saturated carbocycles. The SMILES string of the molecule is CC1=[C-]C(C[SiH2]C(C)(C)C)C2=C1CCCC2.[Cl-].[Cl-].[Cl-].[Ti+4]. The standard InChI is InChI=1S/C15H25Si.3ClH.Ti/c1-11-9-12(10-16-15(2,3)4)14-8-6-5-7-13(11)14;;;;/h12H,5-8,10,16H2,1-4H3;3*1H;/q-1;;;;+4/p-3. The van der Waals surface area contributed by atoms with Gasteiger partial charge >= 0.3 is 21.7 Å². The van der Waals surface area contributed by atoms with Crippen molar-refractivity contribution < 1.29 is 58.9 Å². The number of rotatable bonds is 2. The second kappa shape index (κ2) is 10.9. The van der Waals surface area contributed by atoms with Crippen molar-refractivity contribution in [3.63, 3.8) is 0 Å². The van der Waals surface area contributed by atoms with Gasteiger partial charge in [0.2, 0.25) is 0 Å². The molecule has 0 bridgehead atoms. The zero-order valence-electron chi connectivity index (χ0n) is 13.0. The minimum atomic E-state index is 0. The van der Waals surface area contributed by atoms with Gasteiger partial charge in [-0.3, -0.25) is 6.08 Å². The molecule has 0 aliphatic heterocycles. The number of hydrogen-bond acceptors (Lipinski definition) is 0. The molecule has 0 aromatic heterocycles. The van der Waals surface area contributed by atoms with Gasteiger partial charge in [-0.15, -0.1) is 0 Å². The summed E-state index contributed by atoms with van der Waals surface area (Å²) in [5, 5.41) is 0.605. The second-order valence-electron chi connectivity index (χ2n) is 6.63. The van der Waals surface area contributed by atoms with Crippen LogP contribution in [0.1, 0.15) is 53.4 Å². The van der Waals surface area contributed by atoms with Crippen molar-refractivity contribution in [2.75, 3.05) is 0 Å². The molecule has 5 heteroatoms. The van der Waals surface area contributed by atoms with Gasteiger partial charge in [0.15, 0.2) is 0 Å². The van der Waals surface area contributed by atoms with Gasteiger partial charge < -0.3 is 37.2 Å². The third-order valence-corrected chi connectivity index (χ3v) is 6.32. The van der Waals surface area contributed by atoms with Crippen LogP contribution in [0.3, 0.4) is 0 Å². The fraction of sp³-hybridized carbons (Fsp3) is 0.733. The summed E-state index contributed by atoms with van der Waals surface area (Å²) in [4.78, 5) is 0. The zero-order valence-corrected chi connectivity index (χ0v) is 18.2. The van der Waals surface area contributed by atoms with Crippen LogP contribution in [0, 0.1) is 12.0 Å². The molecule has 0 saturated heterocycles. The van der Waals surface area contributed by atoms with Gasteiger partial charge in [0.25, 0.3) is 0 Å². The molecule has 0 nitrogen and oxygen atoms in total. The summed E-state index contributed by atoms with van der Waals surface area (Å²) >= 11 is 0. The third kappa shape index (κ3) is 7.03. The average molecular weight is 388 g/mol. The van der Waals surface area contributed by atoms with Crippen LogP contribution in [0.5, 0.6) is 0 Å². The summed E-state index contributed by atoms with van der Waals surface area (Å²) in [6.07, 6.45) is 9.27. The first-order valence-electron chi connectivity index (χ1n) is 6.80. The van der Waals surface area contributed by atoms with Crippen LogP contribution in [0.15, 0.2) is 16.7 Å². The van der Waals surface area contributed by atoms with E-state index < -0.39 is 0 Å². The minimum Gasteiger partial charge on any atom is -1.00 e. The van der Waals surface area contributed by atoms with E-state index in [4.69, 9.17) is 0 Å². The smallest absolute Gasteiger partial charge is 1.00 e. The van der Waals surface area contributed by atoms with Crippen LogP contribution in [-0.2, 0) is 21.7 Å². The van der Waals surface area contributed by atoms with E-state index in [2.05, 4.69) is 33.8 Å². The molecular weight excluding hydrogens is 362 g/mol. The van der Waals surface area contributed by atoms with Crippen molar-refractivity contribution in [2.45, 2.75) is 64.5 Å². The first-order valence-corrected chi connectivity index (χ1v) is 8.50. The summed E-state index contributed by atoms with van der Waals surface area (Å²) < 4.78 is 0. The van der Waals surface area contributed by atoms with Gasteiger partial charge in [0.05, 0.1) is 0 Å². The van der Waals surface area contributed by atoms with E-state index in [1.165, 1.54) is 37.3 Å². The Morgan fingerprint density at radius 1 is 1.10 bits per heavy atom. The van der Waals surface area contributed by atoms with Gasteiger partial charge in [-0.05, 0) is 11.5 Å². The molecule has 2 aliphatic carbocycles. The van der Waals surface area contributed by atoms with Crippen molar-refractivity contribution in [1.29, 1.82) is 0 Å². The monoisotopic (exact) mass is 386 g/mol. The summed E-state index contributed by atoms with van der Waals surface area (Å²) in [5.74, 6) is 0.723. The molecule has 0 heterocycles. The van der Waals surface area contributed by atoms with Crippen molar-refractivity contribution in [3.8, 4) is 0 Å². The summed E-state index contributed by atoms with van der Waals surface area (Å²) in [6, 6.07) is 1.44. The quantitative estimate of drug-likeness (QED) is 0.329. The number of halogens is 3. The molecule has 0 radical (unpaired) electrons. The largest absolute Gasteiger partial charge is 4.00 e. The topological polar surface area (TPSA) is 0 Å². The van der Waals surface area contributed by atoms with E-state index >= 15 is 0 Å². The van der Waals surface area contributed by atoms with Crippen molar-refractivity contribution in [3.05, 3.63) is 22.8 Å². The summed E-state index contributed by atoms with van der Waals surface area (Å²) in [6.45, 7) is 9.49. The van der Waals surface area contributed by atoms with Gasteiger partial charge in [-0.2, -0.15) is 11.1 Å². The molecule has 0 aromatic rings. The number of hydrogen-bond donors (Lipinski definition) is 0. The Bertz CT molecular complexity index is 346. The van der Waals surface area contributed by atoms with E-state index in [9.17, 15) is 0 Å². The fourth-order valence-electron chi connectivity index (χ4n) is 3.00. The predicted octanol–water partition coefficient (Wildman–Crippen LogP) is -4.95. The molecule has 0 aromatic carbocycles. The van der Waals surface area contributed by atoms with Crippen LogP contribution in [0.25, 0.3) is 0 Å². The van der Waals surface area contributed by atoms with Crippen LogP contribution in [0.2, 0.25) is 11.1 Å². The molecular formula is C15H25Cl3SiTi. The molecule has 2 aliphatic rings. The van der Waals surface area contributed by atoms with Gasteiger partial charge in [-0.25, -0.2) is 5.57 Å². The maximum Gasteiger partial charge on any atom is 4.00 e. The summed E-state index contributed by atoms with van der Waals surface area (Å²) in [5.41, 5.74) is 4.96. The van der Waals surface area contributed by atoms with Crippen LogP contribution in [-0.4, -0.2) is 9.52 Å². The Balaban J connectivity index is -0.000000722. The summed E-state index contributed by atoms with van der Waals surface area (Å²) in [7, 11) is 0.0402. The fourth-order valence-corrected chi connectivity index (χ4v) is 4.65. The molecule has 20 heavy (non-hydrogen) atoms. The molecule has 1 unspecified atom stereocenters. The molecule has 0 N–H and O–H groups in total. The molecule has 0 fully saturated rings. The van der Waals surface area contributed by atoms with E-state index in [1.807, 2.05) is 0 Å². The minimum absolute atomic E-state index is 0. The van der Waals surface area contributed by atoms with E-state index in [1.54, 1.807) is 11.1 Å². The Hall–Kier alpha value is 1.28. The average Bonchev–Trinajstić information content (AvgIpc) is 2.53. The zero-order chi connectivity index (χ0) is 11.8. The Labute approximate surface area is 160 Å². The molecule has 1 atom stereocenters. The molecule has 0 spiro atoms. The Morgan fingerprint density at radius 3 is 2.20 bits per heavy atom. The van der Waals surface area contributed by atoms with Crippen molar-refractivity contribution in [2.24, 2.45) is 5.92 Å². The maximum absolute atomic E-state index is 3.75. The van der Waals surface area contributed by atoms with Crippen molar-refractivity contribution in [1.82, 2.24) is 0 Å². The Morgan fingerprint density at radius 2 is 1.65 bits per heavy atom. The second-order valence-corrected chi connectivity index (χ2v) is 9.83. The maximum atomic E-state index is 3.75. The van der Waals surface area contributed by atoms with Crippen LogP contribution >= 0.6 is 0 Å². The normalized spacial score (nSPS) is 21.2. The molecule has 114 valence electrons. The van der Waals surface area contributed by atoms with Gasteiger partial charge in [0, 0.05) is 9.52 Å². The van der Waals surface area contributed by atoms with E-state index in [0.29, 0.717) is 5.04 Å². The first-order chi connectivity index (χ1) is 7.47. The third-order valence-electron chi connectivity index (χ3n) is 3.96.